The fraction of sp³-hybridized carbons (Fsp3) is 0.571. The van der Waals surface area contributed by atoms with Crippen molar-refractivity contribution in [1.29, 1.82) is 0 Å². The predicted octanol–water partition coefficient (Wildman–Crippen LogP) is 2.49. The number of sulfonamides is 1. The van der Waals surface area contributed by atoms with Crippen LogP contribution in [-0.4, -0.2) is 31.9 Å². The number of halogens is 4. The molecule has 2 aliphatic rings. The monoisotopic (exact) mass is 370 g/mol. The van der Waals surface area contributed by atoms with Crippen LogP contribution in [0.3, 0.4) is 0 Å². The number of fused-ring (bicyclic) bond motifs is 1. The van der Waals surface area contributed by atoms with Crippen molar-refractivity contribution >= 4 is 22.4 Å². The lowest BCUT2D eigenvalue weighted by molar-refractivity contribution is -0.137. The summed E-state index contributed by atoms with van der Waals surface area (Å²) in [5.74, 6) is 0.420. The molecule has 0 radical (unpaired) electrons. The molecule has 3 atom stereocenters. The third-order valence-corrected chi connectivity index (χ3v) is 6.54. The normalized spacial score (nSPS) is 28.4. The fourth-order valence-corrected chi connectivity index (χ4v) is 4.96. The molecule has 4 nitrogen and oxygen atoms in total. The van der Waals surface area contributed by atoms with Crippen LogP contribution in [-0.2, 0) is 16.2 Å². The van der Waals surface area contributed by atoms with Gasteiger partial charge in [0.15, 0.2) is 0 Å². The maximum atomic E-state index is 12.5. The van der Waals surface area contributed by atoms with Gasteiger partial charge in [0.1, 0.15) is 0 Å². The molecule has 0 amide bonds. The molecular weight excluding hydrogens is 353 g/mol. The smallest absolute Gasteiger partial charge is 0.327 e. The Hall–Kier alpha value is -0.830. The Labute approximate surface area is 139 Å². The fourth-order valence-electron chi connectivity index (χ4n) is 3.43. The van der Waals surface area contributed by atoms with Crippen molar-refractivity contribution in [3.63, 3.8) is 0 Å². The summed E-state index contributed by atoms with van der Waals surface area (Å²) in [4.78, 5) is -0.103. The SMILES string of the molecule is Cl.NC1CCC2CN(S(=O)(=O)c3ccc(C(F)(F)F)cc3)CC12. The summed E-state index contributed by atoms with van der Waals surface area (Å²) < 4.78 is 64.1. The van der Waals surface area contributed by atoms with Gasteiger partial charge in [-0.05, 0) is 48.9 Å². The minimum absolute atomic E-state index is 0. The Morgan fingerprint density at radius 1 is 1.09 bits per heavy atom. The molecule has 1 saturated carbocycles. The van der Waals surface area contributed by atoms with Crippen LogP contribution in [0.2, 0.25) is 0 Å². The van der Waals surface area contributed by atoms with Crippen LogP contribution in [0.25, 0.3) is 0 Å². The quantitative estimate of drug-likeness (QED) is 0.870. The van der Waals surface area contributed by atoms with Crippen molar-refractivity contribution in [3.05, 3.63) is 29.8 Å². The number of alkyl halides is 3. The third kappa shape index (κ3) is 3.35. The van der Waals surface area contributed by atoms with Gasteiger partial charge < -0.3 is 5.73 Å². The van der Waals surface area contributed by atoms with Crippen molar-refractivity contribution in [1.82, 2.24) is 4.31 Å². The van der Waals surface area contributed by atoms with Gasteiger partial charge in [-0.2, -0.15) is 17.5 Å². The Morgan fingerprint density at radius 3 is 2.22 bits per heavy atom. The van der Waals surface area contributed by atoms with Gasteiger partial charge in [0, 0.05) is 19.1 Å². The van der Waals surface area contributed by atoms with Gasteiger partial charge in [0.05, 0.1) is 10.5 Å². The molecule has 1 aromatic carbocycles. The van der Waals surface area contributed by atoms with Gasteiger partial charge in [0.25, 0.3) is 0 Å². The van der Waals surface area contributed by atoms with E-state index in [0.29, 0.717) is 13.1 Å². The largest absolute Gasteiger partial charge is 0.416 e. The van der Waals surface area contributed by atoms with E-state index in [4.69, 9.17) is 5.73 Å². The van der Waals surface area contributed by atoms with Crippen molar-refractivity contribution in [2.75, 3.05) is 13.1 Å². The van der Waals surface area contributed by atoms with E-state index < -0.39 is 21.8 Å². The molecule has 9 heteroatoms. The van der Waals surface area contributed by atoms with Crippen LogP contribution in [0.1, 0.15) is 18.4 Å². The molecule has 1 heterocycles. The van der Waals surface area contributed by atoms with E-state index in [9.17, 15) is 21.6 Å². The van der Waals surface area contributed by atoms with Gasteiger partial charge >= 0.3 is 6.18 Å². The number of rotatable bonds is 2. The van der Waals surface area contributed by atoms with Crippen LogP contribution in [0.15, 0.2) is 29.2 Å². The summed E-state index contributed by atoms with van der Waals surface area (Å²) in [6, 6.07) is 3.65. The van der Waals surface area contributed by atoms with Gasteiger partial charge in [-0.3, -0.25) is 0 Å². The highest BCUT2D eigenvalue weighted by Gasteiger charge is 2.45. The zero-order valence-corrected chi connectivity index (χ0v) is 13.8. The Bertz CT molecular complexity index is 664. The van der Waals surface area contributed by atoms with E-state index in [1.807, 2.05) is 0 Å². The summed E-state index contributed by atoms with van der Waals surface area (Å²) in [6.45, 7) is 0.761. The maximum absolute atomic E-state index is 12.5. The first-order valence-electron chi connectivity index (χ1n) is 7.12. The summed E-state index contributed by atoms with van der Waals surface area (Å²) in [5.41, 5.74) is 5.13. The number of hydrogen-bond donors (Lipinski definition) is 1. The third-order valence-electron chi connectivity index (χ3n) is 4.70. The lowest BCUT2D eigenvalue weighted by atomic mass is 9.98. The minimum atomic E-state index is -4.47. The summed E-state index contributed by atoms with van der Waals surface area (Å²) >= 11 is 0. The Balaban J connectivity index is 0.00000192. The Morgan fingerprint density at radius 2 is 1.70 bits per heavy atom. The zero-order chi connectivity index (χ0) is 16.1. The summed E-state index contributed by atoms with van der Waals surface area (Å²) in [7, 11) is -3.76. The molecule has 23 heavy (non-hydrogen) atoms. The van der Waals surface area contributed by atoms with Crippen molar-refractivity contribution in [2.24, 2.45) is 17.6 Å². The number of nitrogens with zero attached hydrogens (tertiary/aromatic N) is 1. The molecule has 3 rings (SSSR count). The first-order valence-corrected chi connectivity index (χ1v) is 8.56. The van der Waals surface area contributed by atoms with Crippen LogP contribution in [0.5, 0.6) is 0 Å². The second kappa shape index (κ2) is 6.23. The first-order chi connectivity index (χ1) is 10.2. The number of hydrogen-bond acceptors (Lipinski definition) is 3. The molecule has 1 aliphatic carbocycles. The lowest BCUT2D eigenvalue weighted by Gasteiger charge is -2.19. The van der Waals surface area contributed by atoms with Gasteiger partial charge in [-0.1, -0.05) is 0 Å². The summed E-state index contributed by atoms with van der Waals surface area (Å²) in [5, 5.41) is 0. The molecule has 0 spiro atoms. The van der Waals surface area contributed by atoms with Gasteiger partial charge in [0.2, 0.25) is 10.0 Å². The predicted molar refractivity (Wildman–Crippen MR) is 81.6 cm³/mol. The second-order valence-corrected chi connectivity index (χ2v) is 7.95. The van der Waals surface area contributed by atoms with E-state index in [2.05, 4.69) is 0 Å². The van der Waals surface area contributed by atoms with Crippen molar-refractivity contribution in [3.8, 4) is 0 Å². The van der Waals surface area contributed by atoms with E-state index in [0.717, 1.165) is 37.1 Å². The van der Waals surface area contributed by atoms with Crippen molar-refractivity contribution < 1.29 is 21.6 Å². The highest BCUT2D eigenvalue weighted by atomic mass is 35.5. The zero-order valence-electron chi connectivity index (χ0n) is 12.2. The van der Waals surface area contributed by atoms with E-state index in [1.165, 1.54) is 4.31 Å². The highest BCUT2D eigenvalue weighted by molar-refractivity contribution is 7.89. The molecule has 130 valence electrons. The molecule has 2 N–H and O–H groups in total. The summed E-state index contributed by atoms with van der Waals surface area (Å²) in [6.07, 6.45) is -2.66. The topological polar surface area (TPSA) is 63.4 Å². The highest BCUT2D eigenvalue weighted by Crippen LogP contribution is 2.39. The first kappa shape index (κ1) is 18.5. The maximum Gasteiger partial charge on any atom is 0.416 e. The van der Waals surface area contributed by atoms with E-state index in [-0.39, 0.29) is 35.2 Å². The number of nitrogens with two attached hydrogens (primary N) is 1. The Kier molecular flexibility index (Phi) is 5.02. The number of benzene rings is 1. The van der Waals surface area contributed by atoms with E-state index in [1.54, 1.807) is 0 Å². The van der Waals surface area contributed by atoms with Crippen LogP contribution in [0, 0.1) is 11.8 Å². The van der Waals surface area contributed by atoms with Crippen LogP contribution in [0.4, 0.5) is 13.2 Å². The molecule has 1 aliphatic heterocycles. The molecule has 2 fully saturated rings. The average Bonchev–Trinajstić information content (AvgIpc) is 3.01. The standard InChI is InChI=1S/C14H17F3N2O2S.ClH/c15-14(16,17)10-2-4-11(5-3-10)22(20,21)19-7-9-1-6-13(18)12(9)8-19;/h2-5,9,12-13H,1,6-8,18H2;1H. The average molecular weight is 371 g/mol. The molecule has 0 aromatic heterocycles. The molecule has 1 aromatic rings. The molecular formula is C14H18ClF3N2O2S. The van der Waals surface area contributed by atoms with E-state index >= 15 is 0 Å². The second-order valence-electron chi connectivity index (χ2n) is 6.01. The molecule has 0 bridgehead atoms. The van der Waals surface area contributed by atoms with Crippen molar-refractivity contribution in [2.45, 2.75) is 30.0 Å². The van der Waals surface area contributed by atoms with Crippen LogP contribution >= 0.6 is 12.4 Å². The lowest BCUT2D eigenvalue weighted by Crippen LogP contribution is -2.33. The van der Waals surface area contributed by atoms with Crippen LogP contribution < -0.4 is 5.73 Å². The van der Waals surface area contributed by atoms with Gasteiger partial charge in [-0.15, -0.1) is 12.4 Å². The molecule has 3 unspecified atom stereocenters. The molecule has 1 saturated heterocycles. The van der Waals surface area contributed by atoms with Gasteiger partial charge in [-0.25, -0.2) is 8.42 Å². The minimum Gasteiger partial charge on any atom is -0.327 e.